The van der Waals surface area contributed by atoms with Gasteiger partial charge in [-0.15, -0.1) is 0 Å². The molecule has 0 fully saturated rings. The standard InChI is InChI=1S/C12H19N2O2.ClH/c1-12(2,3)16-11(15)14-8-6-10(7-9-14)13(4)5;/h6-9H,1-5H3;1H/q+1;/p-1. The Morgan fingerprint density at radius 3 is 2.06 bits per heavy atom. The number of hydrogen-bond donors (Lipinski definition) is 0. The molecule has 0 aliphatic heterocycles. The van der Waals surface area contributed by atoms with Gasteiger partial charge in [-0.25, -0.2) is 0 Å². The van der Waals surface area contributed by atoms with Crippen LogP contribution in [0, 0.1) is 0 Å². The fourth-order valence-electron chi connectivity index (χ4n) is 1.15. The normalized spacial score (nSPS) is 10.4. The van der Waals surface area contributed by atoms with Gasteiger partial charge in [-0.3, -0.25) is 0 Å². The van der Waals surface area contributed by atoms with Crippen molar-refractivity contribution in [1.29, 1.82) is 0 Å². The molecule has 5 heteroatoms. The monoisotopic (exact) mass is 258 g/mol. The van der Waals surface area contributed by atoms with E-state index in [1.807, 2.05) is 51.9 Å². The summed E-state index contributed by atoms with van der Waals surface area (Å²) < 4.78 is 6.66. The second-order valence-corrected chi connectivity index (χ2v) is 4.84. The summed E-state index contributed by atoms with van der Waals surface area (Å²) in [6, 6.07) is 3.73. The topological polar surface area (TPSA) is 33.4 Å². The lowest BCUT2D eigenvalue weighted by molar-refractivity contribution is -0.588. The Morgan fingerprint density at radius 2 is 1.71 bits per heavy atom. The highest BCUT2D eigenvalue weighted by atomic mass is 35.5. The van der Waals surface area contributed by atoms with Crippen molar-refractivity contribution < 1.29 is 26.5 Å². The Morgan fingerprint density at radius 1 is 1.24 bits per heavy atom. The Balaban J connectivity index is 0.00000256. The Hall–Kier alpha value is -1.29. The number of rotatable bonds is 1. The van der Waals surface area contributed by atoms with E-state index in [9.17, 15) is 4.79 Å². The van der Waals surface area contributed by atoms with E-state index in [1.54, 1.807) is 12.4 Å². The van der Waals surface area contributed by atoms with Crippen LogP contribution in [0.25, 0.3) is 0 Å². The number of hydrogen-bond acceptors (Lipinski definition) is 3. The molecule has 96 valence electrons. The largest absolute Gasteiger partial charge is 1.00 e. The van der Waals surface area contributed by atoms with Crippen molar-refractivity contribution in [3.05, 3.63) is 24.5 Å². The van der Waals surface area contributed by atoms with Crippen LogP contribution in [0.15, 0.2) is 24.5 Å². The summed E-state index contributed by atoms with van der Waals surface area (Å²) in [7, 11) is 3.90. The van der Waals surface area contributed by atoms with Crippen molar-refractivity contribution >= 4 is 11.8 Å². The first-order valence-corrected chi connectivity index (χ1v) is 5.21. The van der Waals surface area contributed by atoms with Crippen LogP contribution < -0.4 is 21.9 Å². The van der Waals surface area contributed by atoms with E-state index in [2.05, 4.69) is 0 Å². The number of anilines is 1. The minimum atomic E-state index is -0.468. The van der Waals surface area contributed by atoms with Gasteiger partial charge in [-0.05, 0) is 20.8 Å². The van der Waals surface area contributed by atoms with Gasteiger partial charge in [-0.2, -0.15) is 4.79 Å². The van der Waals surface area contributed by atoms with Gasteiger partial charge in [0.1, 0.15) is 5.60 Å². The molecule has 1 aromatic rings. The summed E-state index contributed by atoms with van der Waals surface area (Å²) in [6.45, 7) is 5.54. The Labute approximate surface area is 109 Å². The predicted octanol–water partition coefficient (Wildman–Crippen LogP) is -1.17. The second-order valence-electron chi connectivity index (χ2n) is 4.84. The molecule has 0 atom stereocenters. The zero-order chi connectivity index (χ0) is 12.3. The molecular formula is C12H19ClN2O2. The first kappa shape index (κ1) is 15.7. The molecule has 1 rings (SSSR count). The molecule has 0 aromatic carbocycles. The number of pyridine rings is 1. The number of carbonyl (C=O) groups is 1. The lowest BCUT2D eigenvalue weighted by Gasteiger charge is -2.16. The third kappa shape index (κ3) is 5.04. The molecule has 0 amide bonds. The quantitative estimate of drug-likeness (QED) is 0.595. The van der Waals surface area contributed by atoms with Crippen molar-refractivity contribution in [2.24, 2.45) is 0 Å². The molecule has 0 radical (unpaired) electrons. The van der Waals surface area contributed by atoms with Crippen molar-refractivity contribution in [2.75, 3.05) is 19.0 Å². The molecule has 0 saturated heterocycles. The van der Waals surface area contributed by atoms with Gasteiger partial charge < -0.3 is 22.0 Å². The summed E-state index contributed by atoms with van der Waals surface area (Å²) in [5.74, 6) is 0. The van der Waals surface area contributed by atoms with Crippen LogP contribution in [-0.4, -0.2) is 25.8 Å². The number of carbonyl (C=O) groups excluding carboxylic acids is 1. The number of aromatic nitrogens is 1. The third-order valence-electron chi connectivity index (χ3n) is 1.93. The first-order valence-electron chi connectivity index (χ1n) is 5.21. The smallest absolute Gasteiger partial charge is 0.602 e. The predicted molar refractivity (Wildman–Crippen MR) is 62.6 cm³/mol. The average molecular weight is 259 g/mol. The first-order chi connectivity index (χ1) is 7.29. The second kappa shape index (κ2) is 5.87. The molecule has 0 spiro atoms. The molecule has 0 bridgehead atoms. The van der Waals surface area contributed by atoms with Crippen LogP contribution in [-0.2, 0) is 4.74 Å². The molecule has 1 heterocycles. The van der Waals surface area contributed by atoms with E-state index in [4.69, 9.17) is 4.74 Å². The van der Waals surface area contributed by atoms with Crippen molar-refractivity contribution in [3.63, 3.8) is 0 Å². The van der Waals surface area contributed by atoms with Crippen molar-refractivity contribution in [1.82, 2.24) is 0 Å². The van der Waals surface area contributed by atoms with E-state index >= 15 is 0 Å². The highest BCUT2D eigenvalue weighted by Gasteiger charge is 2.24. The van der Waals surface area contributed by atoms with Gasteiger partial charge in [0.25, 0.3) is 0 Å². The van der Waals surface area contributed by atoms with E-state index in [0.717, 1.165) is 5.69 Å². The molecule has 0 unspecified atom stereocenters. The minimum Gasteiger partial charge on any atom is -1.00 e. The maximum Gasteiger partial charge on any atom is 0.602 e. The van der Waals surface area contributed by atoms with Gasteiger partial charge >= 0.3 is 6.09 Å². The van der Waals surface area contributed by atoms with Crippen LogP contribution in [0.4, 0.5) is 10.5 Å². The molecule has 1 aromatic heterocycles. The maximum atomic E-state index is 11.7. The fourth-order valence-corrected chi connectivity index (χ4v) is 1.15. The molecule has 17 heavy (non-hydrogen) atoms. The van der Waals surface area contributed by atoms with E-state index in [0.29, 0.717) is 0 Å². The van der Waals surface area contributed by atoms with Crippen molar-refractivity contribution in [2.45, 2.75) is 26.4 Å². The highest BCUT2D eigenvalue weighted by molar-refractivity contribution is 5.57. The Kier molecular flexibility index (Phi) is 5.42. The SMILES string of the molecule is CN(C)c1cc[n+](C(=O)OC(C)(C)C)cc1.[Cl-]. The van der Waals surface area contributed by atoms with Crippen LogP contribution >= 0.6 is 0 Å². The van der Waals surface area contributed by atoms with E-state index in [1.165, 1.54) is 4.57 Å². The number of halogens is 1. The minimum absolute atomic E-state index is 0. The lowest BCUT2D eigenvalue weighted by Crippen LogP contribution is -3.00. The molecule has 0 N–H and O–H groups in total. The van der Waals surface area contributed by atoms with E-state index < -0.39 is 5.60 Å². The molecule has 0 aliphatic carbocycles. The number of ether oxygens (including phenoxy) is 1. The summed E-state index contributed by atoms with van der Waals surface area (Å²) in [5, 5.41) is 0. The summed E-state index contributed by atoms with van der Waals surface area (Å²) >= 11 is 0. The molecular weight excluding hydrogens is 240 g/mol. The van der Waals surface area contributed by atoms with Crippen LogP contribution in [0.2, 0.25) is 0 Å². The summed E-state index contributed by atoms with van der Waals surface area (Å²) in [4.78, 5) is 13.6. The fraction of sp³-hybridized carbons (Fsp3) is 0.500. The molecule has 0 aliphatic rings. The Bertz CT molecular complexity index is 369. The van der Waals surface area contributed by atoms with Gasteiger partial charge in [0.2, 0.25) is 0 Å². The number of nitrogens with zero attached hydrogens (tertiary/aromatic N) is 2. The molecule has 0 saturated carbocycles. The van der Waals surface area contributed by atoms with Gasteiger partial charge in [0.05, 0.1) is 0 Å². The average Bonchev–Trinajstić information content (AvgIpc) is 2.15. The van der Waals surface area contributed by atoms with Gasteiger partial charge in [0, 0.05) is 31.9 Å². The van der Waals surface area contributed by atoms with Crippen LogP contribution in [0.3, 0.4) is 0 Å². The van der Waals surface area contributed by atoms with Crippen molar-refractivity contribution in [3.8, 4) is 0 Å². The zero-order valence-electron chi connectivity index (χ0n) is 10.9. The third-order valence-corrected chi connectivity index (χ3v) is 1.93. The summed E-state index contributed by atoms with van der Waals surface area (Å²) in [6.07, 6.45) is 3.03. The van der Waals surface area contributed by atoms with Gasteiger partial charge in [0.15, 0.2) is 12.4 Å². The van der Waals surface area contributed by atoms with Crippen LogP contribution in [0.1, 0.15) is 20.8 Å². The lowest BCUT2D eigenvalue weighted by atomic mass is 10.2. The summed E-state index contributed by atoms with van der Waals surface area (Å²) in [5.41, 5.74) is 0.574. The highest BCUT2D eigenvalue weighted by Crippen LogP contribution is 2.08. The van der Waals surface area contributed by atoms with Gasteiger partial charge in [-0.1, -0.05) is 4.57 Å². The van der Waals surface area contributed by atoms with E-state index in [-0.39, 0.29) is 18.5 Å². The van der Waals surface area contributed by atoms with Crippen LogP contribution in [0.5, 0.6) is 0 Å². The molecule has 4 nitrogen and oxygen atoms in total. The maximum absolute atomic E-state index is 11.7. The zero-order valence-corrected chi connectivity index (χ0v) is 11.7.